The molecule has 0 radical (unpaired) electrons. The molecule has 7 nitrogen and oxygen atoms in total. The predicted octanol–water partition coefficient (Wildman–Crippen LogP) is 1.69. The fraction of sp³-hybridized carbons (Fsp3) is 0.350. The van der Waals surface area contributed by atoms with Crippen LogP contribution in [0.3, 0.4) is 0 Å². The van der Waals surface area contributed by atoms with E-state index in [-0.39, 0.29) is 35.2 Å². The van der Waals surface area contributed by atoms with Crippen LogP contribution in [0.1, 0.15) is 15.9 Å². The van der Waals surface area contributed by atoms with Crippen LogP contribution in [0.25, 0.3) is 0 Å². The Morgan fingerprint density at radius 2 is 1.86 bits per heavy atom. The molecule has 150 valence electrons. The van der Waals surface area contributed by atoms with Gasteiger partial charge in [0.1, 0.15) is 10.6 Å². The minimum atomic E-state index is -3.78. The first-order valence-corrected chi connectivity index (χ1v) is 10.5. The largest absolute Gasteiger partial charge is 0.495 e. The Kier molecular flexibility index (Phi) is 6.66. The van der Waals surface area contributed by atoms with Crippen molar-refractivity contribution in [3.63, 3.8) is 0 Å². The van der Waals surface area contributed by atoms with Crippen LogP contribution in [0.5, 0.6) is 5.75 Å². The molecular formula is C20H24N2O5S. The first kappa shape index (κ1) is 20.3. The molecule has 2 aromatic rings. The maximum Gasteiger partial charge on any atom is 0.251 e. The number of methoxy groups -OCH3 is 1. The number of hydrogen-bond donors (Lipinski definition) is 1. The molecule has 1 heterocycles. The molecule has 1 amide bonds. The van der Waals surface area contributed by atoms with Crippen molar-refractivity contribution in [1.29, 1.82) is 0 Å². The summed E-state index contributed by atoms with van der Waals surface area (Å²) in [5.41, 5.74) is 1.40. The van der Waals surface area contributed by atoms with Crippen molar-refractivity contribution in [1.82, 2.24) is 9.62 Å². The van der Waals surface area contributed by atoms with Crippen molar-refractivity contribution in [3.05, 3.63) is 59.7 Å². The zero-order chi connectivity index (χ0) is 20.0. The fourth-order valence-electron chi connectivity index (χ4n) is 3.01. The van der Waals surface area contributed by atoms with E-state index >= 15 is 0 Å². The van der Waals surface area contributed by atoms with Crippen molar-refractivity contribution in [2.75, 3.05) is 40.0 Å². The lowest BCUT2D eigenvalue weighted by molar-refractivity contribution is 0.0729. The van der Waals surface area contributed by atoms with Crippen LogP contribution < -0.4 is 10.1 Å². The number of hydrogen-bond acceptors (Lipinski definition) is 5. The van der Waals surface area contributed by atoms with Gasteiger partial charge in [-0.1, -0.05) is 30.3 Å². The van der Waals surface area contributed by atoms with Crippen LogP contribution in [-0.2, 0) is 21.2 Å². The molecule has 0 saturated carbocycles. The molecular weight excluding hydrogens is 380 g/mol. The van der Waals surface area contributed by atoms with Gasteiger partial charge in [-0.25, -0.2) is 8.42 Å². The van der Waals surface area contributed by atoms with Crippen LogP contribution in [-0.4, -0.2) is 58.6 Å². The van der Waals surface area contributed by atoms with E-state index in [1.807, 2.05) is 30.3 Å². The molecule has 0 spiro atoms. The molecule has 8 heteroatoms. The minimum Gasteiger partial charge on any atom is -0.495 e. The van der Waals surface area contributed by atoms with Crippen LogP contribution >= 0.6 is 0 Å². The number of benzene rings is 2. The van der Waals surface area contributed by atoms with Crippen molar-refractivity contribution in [3.8, 4) is 5.75 Å². The van der Waals surface area contributed by atoms with E-state index in [9.17, 15) is 13.2 Å². The number of carbonyl (C=O) groups is 1. The summed E-state index contributed by atoms with van der Waals surface area (Å²) in [6, 6.07) is 14.3. The molecule has 0 bridgehead atoms. The number of ether oxygens (including phenoxy) is 2. The maximum absolute atomic E-state index is 13.0. The topological polar surface area (TPSA) is 84.9 Å². The van der Waals surface area contributed by atoms with E-state index in [1.54, 1.807) is 6.07 Å². The second-order valence-corrected chi connectivity index (χ2v) is 8.28. The van der Waals surface area contributed by atoms with Gasteiger partial charge < -0.3 is 14.8 Å². The zero-order valence-corrected chi connectivity index (χ0v) is 16.6. The SMILES string of the molecule is COc1ccc(C(=O)NCCc2ccccc2)cc1S(=O)(=O)N1CCOCC1. The van der Waals surface area contributed by atoms with Crippen molar-refractivity contribution >= 4 is 15.9 Å². The van der Waals surface area contributed by atoms with Crippen molar-refractivity contribution < 1.29 is 22.7 Å². The lowest BCUT2D eigenvalue weighted by Gasteiger charge is -2.26. The van der Waals surface area contributed by atoms with Crippen LogP contribution in [0.2, 0.25) is 0 Å². The van der Waals surface area contributed by atoms with Gasteiger partial charge in [0.05, 0.1) is 20.3 Å². The number of sulfonamides is 1. The Hall–Kier alpha value is -2.42. The first-order valence-electron chi connectivity index (χ1n) is 9.10. The summed E-state index contributed by atoms with van der Waals surface area (Å²) in [5.74, 6) is -0.107. The number of nitrogens with one attached hydrogen (secondary N) is 1. The summed E-state index contributed by atoms with van der Waals surface area (Å²) in [6.07, 6.45) is 0.696. The third-order valence-electron chi connectivity index (χ3n) is 4.56. The summed E-state index contributed by atoms with van der Waals surface area (Å²) >= 11 is 0. The number of amides is 1. The molecule has 28 heavy (non-hydrogen) atoms. The smallest absolute Gasteiger partial charge is 0.251 e. The number of carbonyl (C=O) groups excluding carboxylic acids is 1. The summed E-state index contributed by atoms with van der Waals surface area (Å²) in [7, 11) is -2.37. The monoisotopic (exact) mass is 404 g/mol. The van der Waals surface area contributed by atoms with E-state index in [2.05, 4.69) is 5.32 Å². The quantitative estimate of drug-likeness (QED) is 0.759. The Morgan fingerprint density at radius 1 is 1.14 bits per heavy atom. The van der Waals surface area contributed by atoms with Gasteiger partial charge in [0.25, 0.3) is 5.91 Å². The summed E-state index contributed by atoms with van der Waals surface area (Å²) in [5, 5.41) is 2.83. The highest BCUT2D eigenvalue weighted by atomic mass is 32.2. The molecule has 0 unspecified atom stereocenters. The van der Waals surface area contributed by atoms with Gasteiger partial charge in [-0.3, -0.25) is 4.79 Å². The van der Waals surface area contributed by atoms with Crippen LogP contribution in [0, 0.1) is 0 Å². The minimum absolute atomic E-state index is 0.00684. The summed E-state index contributed by atoms with van der Waals surface area (Å²) in [6.45, 7) is 1.71. The second kappa shape index (κ2) is 9.18. The molecule has 1 N–H and O–H groups in total. The van der Waals surface area contributed by atoms with Gasteiger partial charge in [-0.05, 0) is 30.2 Å². The van der Waals surface area contributed by atoms with Gasteiger partial charge >= 0.3 is 0 Å². The molecule has 1 saturated heterocycles. The first-order chi connectivity index (χ1) is 13.5. The van der Waals surface area contributed by atoms with Crippen LogP contribution in [0.4, 0.5) is 0 Å². The summed E-state index contributed by atoms with van der Waals surface area (Å²) < 4.78 is 37.8. The number of nitrogens with zero attached hydrogens (tertiary/aromatic N) is 1. The van der Waals surface area contributed by atoms with Gasteiger partial charge in [0, 0.05) is 25.2 Å². The highest BCUT2D eigenvalue weighted by Crippen LogP contribution is 2.28. The average molecular weight is 404 g/mol. The third kappa shape index (κ3) is 4.70. The highest BCUT2D eigenvalue weighted by Gasteiger charge is 2.30. The standard InChI is InChI=1S/C20H24N2O5S/c1-26-18-8-7-17(20(23)21-10-9-16-5-3-2-4-6-16)15-19(18)28(24,25)22-11-13-27-14-12-22/h2-8,15H,9-14H2,1H3,(H,21,23). The van der Waals surface area contributed by atoms with Gasteiger partial charge in [0.15, 0.2) is 0 Å². The lowest BCUT2D eigenvalue weighted by atomic mass is 10.1. The van der Waals surface area contributed by atoms with E-state index < -0.39 is 10.0 Å². The number of rotatable bonds is 7. The molecule has 0 aromatic heterocycles. The molecule has 3 rings (SSSR count). The molecule has 2 aromatic carbocycles. The highest BCUT2D eigenvalue weighted by molar-refractivity contribution is 7.89. The average Bonchev–Trinajstić information content (AvgIpc) is 2.74. The molecule has 1 fully saturated rings. The molecule has 1 aliphatic rings. The van der Waals surface area contributed by atoms with Crippen molar-refractivity contribution in [2.45, 2.75) is 11.3 Å². The Bertz CT molecular complexity index is 909. The Balaban J connectivity index is 1.75. The molecule has 0 atom stereocenters. The van der Waals surface area contributed by atoms with Crippen molar-refractivity contribution in [2.24, 2.45) is 0 Å². The van der Waals surface area contributed by atoms with E-state index in [4.69, 9.17) is 9.47 Å². The lowest BCUT2D eigenvalue weighted by Crippen LogP contribution is -2.40. The number of morpholine rings is 1. The van der Waals surface area contributed by atoms with E-state index in [1.165, 1.54) is 23.5 Å². The summed E-state index contributed by atoms with van der Waals surface area (Å²) in [4.78, 5) is 12.5. The van der Waals surface area contributed by atoms with E-state index in [0.717, 1.165) is 5.56 Å². The fourth-order valence-corrected chi connectivity index (χ4v) is 4.60. The van der Waals surface area contributed by atoms with Gasteiger partial charge in [-0.15, -0.1) is 0 Å². The van der Waals surface area contributed by atoms with Crippen LogP contribution in [0.15, 0.2) is 53.4 Å². The normalized spacial score (nSPS) is 15.2. The zero-order valence-electron chi connectivity index (χ0n) is 15.8. The molecule has 0 aliphatic carbocycles. The van der Waals surface area contributed by atoms with Gasteiger partial charge in [-0.2, -0.15) is 4.31 Å². The van der Waals surface area contributed by atoms with Gasteiger partial charge in [0.2, 0.25) is 10.0 Å². The Morgan fingerprint density at radius 3 is 2.54 bits per heavy atom. The Labute approximate surface area is 165 Å². The third-order valence-corrected chi connectivity index (χ3v) is 6.48. The molecule has 1 aliphatic heterocycles. The predicted molar refractivity (Wildman–Crippen MR) is 105 cm³/mol. The van der Waals surface area contributed by atoms with E-state index in [0.29, 0.717) is 26.2 Å². The second-order valence-electron chi connectivity index (χ2n) is 6.37. The maximum atomic E-state index is 13.0.